The second-order valence-corrected chi connectivity index (χ2v) is 9.05. The minimum absolute atomic E-state index is 0.00823. The van der Waals surface area contributed by atoms with Crippen molar-refractivity contribution in [2.45, 2.75) is 30.5 Å². The molecule has 0 spiro atoms. The van der Waals surface area contributed by atoms with E-state index < -0.39 is 6.36 Å². The molecule has 2 atom stereocenters. The molecular formula is C22H23BrF3NO4. The van der Waals surface area contributed by atoms with E-state index >= 15 is 0 Å². The predicted octanol–water partition coefficient (Wildman–Crippen LogP) is 4.79. The van der Waals surface area contributed by atoms with Crippen molar-refractivity contribution in [2.24, 2.45) is 5.92 Å². The van der Waals surface area contributed by atoms with Gasteiger partial charge in [-0.2, -0.15) is 0 Å². The molecule has 0 saturated carbocycles. The fraction of sp³-hybridized carbons (Fsp3) is 0.500. The highest BCUT2D eigenvalue weighted by atomic mass is 79.9. The third-order valence-electron chi connectivity index (χ3n) is 5.73. The number of nitrogens with zero attached hydrogens (tertiary/aromatic N) is 1. The molecule has 1 aromatic rings. The first kappa shape index (κ1) is 22.2. The van der Waals surface area contributed by atoms with E-state index in [1.807, 2.05) is 12.1 Å². The minimum Gasteiger partial charge on any atom is -0.495 e. The van der Waals surface area contributed by atoms with Crippen LogP contribution in [0.25, 0.3) is 0 Å². The molecule has 3 aliphatic rings. The minimum atomic E-state index is -4.73. The summed E-state index contributed by atoms with van der Waals surface area (Å²) in [6.07, 6.45) is -0.464. The van der Waals surface area contributed by atoms with Crippen LogP contribution in [0.5, 0.6) is 5.75 Å². The number of carbonyl (C=O) groups excluding carboxylic acids is 1. The summed E-state index contributed by atoms with van der Waals surface area (Å²) in [6, 6.07) is 3.80. The summed E-state index contributed by atoms with van der Waals surface area (Å²) < 4.78 is 53.0. The Morgan fingerprint density at radius 3 is 2.65 bits per heavy atom. The number of rotatable bonds is 5. The van der Waals surface area contributed by atoms with Crippen LogP contribution in [0.1, 0.15) is 28.8 Å². The van der Waals surface area contributed by atoms with Gasteiger partial charge in [-0.1, -0.05) is 22.0 Å². The normalized spacial score (nSPS) is 23.9. The fourth-order valence-corrected chi connectivity index (χ4v) is 5.05. The number of methoxy groups -OCH3 is 1. The number of carbonyl (C=O) groups is 1. The summed E-state index contributed by atoms with van der Waals surface area (Å²) in [5.41, 5.74) is 3.18. The Hall–Kier alpha value is -2.00. The Labute approximate surface area is 186 Å². The molecule has 2 aliphatic carbocycles. The van der Waals surface area contributed by atoms with Gasteiger partial charge < -0.3 is 19.1 Å². The highest BCUT2D eigenvalue weighted by Crippen LogP contribution is 2.40. The molecule has 0 radical (unpaired) electrons. The summed E-state index contributed by atoms with van der Waals surface area (Å²) >= 11 is 3.36. The summed E-state index contributed by atoms with van der Waals surface area (Å²) in [5.74, 6) is 0.164. The van der Waals surface area contributed by atoms with E-state index in [0.29, 0.717) is 42.9 Å². The third kappa shape index (κ3) is 5.09. The van der Waals surface area contributed by atoms with Crippen LogP contribution >= 0.6 is 15.9 Å². The van der Waals surface area contributed by atoms with E-state index in [4.69, 9.17) is 9.47 Å². The smallest absolute Gasteiger partial charge is 0.495 e. The van der Waals surface area contributed by atoms with Gasteiger partial charge in [0.2, 0.25) is 0 Å². The van der Waals surface area contributed by atoms with E-state index in [0.717, 1.165) is 24.3 Å². The maximum atomic E-state index is 13.1. The van der Waals surface area contributed by atoms with E-state index in [-0.39, 0.29) is 28.7 Å². The molecule has 0 bridgehead atoms. The molecule has 1 aliphatic heterocycles. The van der Waals surface area contributed by atoms with Crippen LogP contribution in [-0.2, 0) is 15.9 Å². The molecule has 1 fully saturated rings. The Morgan fingerprint density at radius 2 is 1.97 bits per heavy atom. The van der Waals surface area contributed by atoms with Crippen molar-refractivity contribution >= 4 is 27.4 Å². The SMILES string of the molecule is COc1cc2c(cc1N1CCOCC1)CC(CC1=CC(Br)CC(OC(F)(F)F)=C1)C2=O. The van der Waals surface area contributed by atoms with Crippen molar-refractivity contribution in [3.63, 3.8) is 0 Å². The molecule has 1 saturated heterocycles. The number of halogens is 4. The van der Waals surface area contributed by atoms with Crippen molar-refractivity contribution in [3.8, 4) is 5.75 Å². The van der Waals surface area contributed by atoms with Crippen LogP contribution < -0.4 is 9.64 Å². The Kier molecular flexibility index (Phi) is 6.35. The maximum absolute atomic E-state index is 13.1. The van der Waals surface area contributed by atoms with Crippen molar-refractivity contribution < 1.29 is 32.2 Å². The molecule has 2 unspecified atom stereocenters. The van der Waals surface area contributed by atoms with Gasteiger partial charge in [0, 0.05) is 35.8 Å². The number of hydrogen-bond acceptors (Lipinski definition) is 5. The molecule has 0 amide bonds. The van der Waals surface area contributed by atoms with Gasteiger partial charge in [0.15, 0.2) is 5.78 Å². The summed E-state index contributed by atoms with van der Waals surface area (Å²) in [5, 5.41) is 0. The van der Waals surface area contributed by atoms with E-state index in [1.165, 1.54) is 6.08 Å². The highest BCUT2D eigenvalue weighted by Gasteiger charge is 2.35. The van der Waals surface area contributed by atoms with Gasteiger partial charge in [-0.05, 0) is 42.2 Å². The molecule has 4 rings (SSSR count). The number of anilines is 1. The highest BCUT2D eigenvalue weighted by molar-refractivity contribution is 9.09. The van der Waals surface area contributed by atoms with Crippen LogP contribution in [0.4, 0.5) is 18.9 Å². The van der Waals surface area contributed by atoms with E-state index in [1.54, 1.807) is 13.2 Å². The van der Waals surface area contributed by atoms with Crippen LogP contribution in [-0.4, -0.2) is 50.4 Å². The zero-order chi connectivity index (χ0) is 22.2. The number of hydrogen-bond donors (Lipinski definition) is 0. The lowest BCUT2D eigenvalue weighted by Crippen LogP contribution is -2.36. The molecular weight excluding hydrogens is 479 g/mol. The second-order valence-electron chi connectivity index (χ2n) is 7.87. The number of ketones is 1. The summed E-state index contributed by atoms with van der Waals surface area (Å²) in [6.45, 7) is 2.77. The van der Waals surface area contributed by atoms with E-state index in [9.17, 15) is 18.0 Å². The van der Waals surface area contributed by atoms with Gasteiger partial charge in [0.1, 0.15) is 11.5 Å². The average molecular weight is 502 g/mol. The molecule has 0 aromatic heterocycles. The Morgan fingerprint density at radius 1 is 1.23 bits per heavy atom. The first-order chi connectivity index (χ1) is 14.7. The molecule has 1 heterocycles. The van der Waals surface area contributed by atoms with Crippen LogP contribution in [0.2, 0.25) is 0 Å². The number of Topliss-reactive ketones (excluding diaryl/α,β-unsaturated/α-hetero) is 1. The van der Waals surface area contributed by atoms with Crippen LogP contribution in [0.3, 0.4) is 0 Å². The zero-order valence-corrected chi connectivity index (χ0v) is 18.6. The van der Waals surface area contributed by atoms with Gasteiger partial charge in [-0.25, -0.2) is 0 Å². The number of allylic oxidation sites excluding steroid dienone is 4. The van der Waals surface area contributed by atoms with E-state index in [2.05, 4.69) is 25.6 Å². The summed E-state index contributed by atoms with van der Waals surface area (Å²) in [4.78, 5) is 15.0. The molecule has 0 N–H and O–H groups in total. The molecule has 31 heavy (non-hydrogen) atoms. The lowest BCUT2D eigenvalue weighted by molar-refractivity contribution is -0.306. The molecule has 168 valence electrons. The lowest BCUT2D eigenvalue weighted by Gasteiger charge is -2.30. The standard InChI is InChI=1S/C22H23BrF3NO4/c1-29-20-12-18-14(10-19(20)27-2-4-30-5-3-27)9-15(21(18)28)6-13-7-16(23)11-17(8-13)31-22(24,25)26/h7-8,10,12,15-16H,2-6,9,11H2,1H3. The van der Waals surface area contributed by atoms with Gasteiger partial charge in [0.05, 0.1) is 26.0 Å². The average Bonchev–Trinajstić information content (AvgIpc) is 3.00. The molecule has 9 heteroatoms. The quantitative estimate of drug-likeness (QED) is 0.542. The van der Waals surface area contributed by atoms with Gasteiger partial charge in [-0.3, -0.25) is 4.79 Å². The fourth-order valence-electron chi connectivity index (χ4n) is 4.40. The van der Waals surface area contributed by atoms with Crippen molar-refractivity contribution in [1.29, 1.82) is 0 Å². The van der Waals surface area contributed by atoms with Crippen molar-refractivity contribution in [3.05, 3.63) is 46.7 Å². The van der Waals surface area contributed by atoms with Crippen LogP contribution in [0, 0.1) is 5.92 Å². The number of morpholine rings is 1. The molecule has 1 aromatic carbocycles. The number of fused-ring (bicyclic) bond motifs is 1. The Balaban J connectivity index is 1.54. The first-order valence-electron chi connectivity index (χ1n) is 10.1. The Bertz CT molecular complexity index is 922. The number of ether oxygens (including phenoxy) is 3. The first-order valence-corrected chi connectivity index (χ1v) is 11.0. The topological polar surface area (TPSA) is 48.0 Å². The maximum Gasteiger partial charge on any atom is 0.572 e. The lowest BCUT2D eigenvalue weighted by atomic mass is 9.92. The third-order valence-corrected chi connectivity index (χ3v) is 6.31. The van der Waals surface area contributed by atoms with Gasteiger partial charge in [0.25, 0.3) is 0 Å². The zero-order valence-electron chi connectivity index (χ0n) is 17.0. The largest absolute Gasteiger partial charge is 0.572 e. The predicted molar refractivity (Wildman–Crippen MR) is 113 cm³/mol. The van der Waals surface area contributed by atoms with Crippen LogP contribution in [0.15, 0.2) is 35.6 Å². The summed E-state index contributed by atoms with van der Waals surface area (Å²) in [7, 11) is 1.58. The van der Waals surface area contributed by atoms with Gasteiger partial charge in [-0.15, -0.1) is 13.2 Å². The monoisotopic (exact) mass is 501 g/mol. The van der Waals surface area contributed by atoms with Crippen molar-refractivity contribution in [1.82, 2.24) is 0 Å². The number of alkyl halides is 4. The molecule has 5 nitrogen and oxygen atoms in total. The van der Waals surface area contributed by atoms with Gasteiger partial charge >= 0.3 is 6.36 Å². The second kappa shape index (κ2) is 8.86. The number of benzene rings is 1. The van der Waals surface area contributed by atoms with Crippen molar-refractivity contribution in [2.75, 3.05) is 38.3 Å².